The number of hydrogen-bond acceptors (Lipinski definition) is 3. The first-order valence-corrected chi connectivity index (χ1v) is 6.44. The Hall–Kier alpha value is -2.77. The smallest absolute Gasteiger partial charge is 0.266 e. The van der Waals surface area contributed by atoms with Crippen molar-refractivity contribution in [1.82, 2.24) is 0 Å². The van der Waals surface area contributed by atoms with E-state index in [0.717, 1.165) is 0 Å². The number of aromatic hydroxyl groups is 1. The van der Waals surface area contributed by atoms with E-state index in [2.05, 4.69) is 5.32 Å². The van der Waals surface area contributed by atoms with E-state index in [-0.39, 0.29) is 11.3 Å². The Kier molecular flexibility index (Phi) is 4.60. The number of hydrogen-bond donors (Lipinski definition) is 2. The number of nitrogens with one attached hydrogen (secondary N) is 1. The molecule has 0 atom stereocenters. The molecule has 0 radical (unpaired) electrons. The zero-order valence-corrected chi connectivity index (χ0v) is 11.6. The average Bonchev–Trinajstić information content (AvgIpc) is 2.49. The maximum Gasteiger partial charge on any atom is 0.266 e. The first-order chi connectivity index (χ1) is 10.1. The standard InChI is InChI=1S/C16H11ClN2O2/c17-13-3-1-11(2-4-13)9-12(10-18)16(21)19-14-5-7-15(20)8-6-14/h1-9,20H,(H,19,21)/b12-9-. The van der Waals surface area contributed by atoms with Crippen molar-refractivity contribution in [3.63, 3.8) is 0 Å². The zero-order chi connectivity index (χ0) is 15.2. The summed E-state index contributed by atoms with van der Waals surface area (Å²) < 4.78 is 0. The van der Waals surface area contributed by atoms with Gasteiger partial charge in [-0.1, -0.05) is 23.7 Å². The molecule has 2 aromatic carbocycles. The second-order valence-electron chi connectivity index (χ2n) is 4.22. The lowest BCUT2D eigenvalue weighted by Gasteiger charge is -2.04. The second-order valence-corrected chi connectivity index (χ2v) is 4.66. The van der Waals surface area contributed by atoms with Crippen molar-refractivity contribution in [3.8, 4) is 11.8 Å². The molecule has 1 amide bonds. The zero-order valence-electron chi connectivity index (χ0n) is 10.9. The fourth-order valence-corrected chi connectivity index (χ4v) is 1.74. The Bertz CT molecular complexity index is 713. The molecule has 2 rings (SSSR count). The van der Waals surface area contributed by atoms with E-state index in [1.165, 1.54) is 18.2 Å². The van der Waals surface area contributed by atoms with Gasteiger partial charge < -0.3 is 10.4 Å². The average molecular weight is 299 g/mol. The van der Waals surface area contributed by atoms with Crippen molar-refractivity contribution in [1.29, 1.82) is 5.26 Å². The normalized spacial score (nSPS) is 10.8. The predicted octanol–water partition coefficient (Wildman–Crippen LogP) is 3.59. The van der Waals surface area contributed by atoms with Crippen LogP contribution < -0.4 is 5.32 Å². The van der Waals surface area contributed by atoms with E-state index in [9.17, 15) is 9.90 Å². The van der Waals surface area contributed by atoms with Crippen molar-refractivity contribution < 1.29 is 9.90 Å². The van der Waals surface area contributed by atoms with E-state index in [4.69, 9.17) is 16.9 Å². The molecule has 0 unspecified atom stereocenters. The van der Waals surface area contributed by atoms with Gasteiger partial charge in [0.2, 0.25) is 0 Å². The topological polar surface area (TPSA) is 73.1 Å². The number of halogens is 1. The summed E-state index contributed by atoms with van der Waals surface area (Å²) >= 11 is 5.78. The van der Waals surface area contributed by atoms with Crippen LogP contribution in [0.25, 0.3) is 6.08 Å². The summed E-state index contributed by atoms with van der Waals surface area (Å²) in [5.74, 6) is -0.414. The van der Waals surface area contributed by atoms with Crippen LogP contribution >= 0.6 is 11.6 Å². The number of phenolic OH excluding ortho intramolecular Hbond substituents is 1. The lowest BCUT2D eigenvalue weighted by molar-refractivity contribution is -0.112. The molecule has 0 bridgehead atoms. The molecule has 104 valence electrons. The van der Waals surface area contributed by atoms with Crippen LogP contribution in [0.1, 0.15) is 5.56 Å². The molecule has 21 heavy (non-hydrogen) atoms. The number of nitrogens with zero attached hydrogens (tertiary/aromatic N) is 1. The van der Waals surface area contributed by atoms with Crippen LogP contribution in [-0.2, 0) is 4.79 Å². The van der Waals surface area contributed by atoms with Crippen LogP contribution in [0.2, 0.25) is 5.02 Å². The van der Waals surface area contributed by atoms with Crippen molar-refractivity contribution in [2.24, 2.45) is 0 Å². The molecule has 0 saturated carbocycles. The molecule has 4 nitrogen and oxygen atoms in total. The molecular formula is C16H11ClN2O2. The van der Waals surface area contributed by atoms with Gasteiger partial charge in [0.25, 0.3) is 5.91 Å². The van der Waals surface area contributed by atoms with Crippen LogP contribution in [0.5, 0.6) is 5.75 Å². The Morgan fingerprint density at radius 1 is 1.14 bits per heavy atom. The maximum absolute atomic E-state index is 12.0. The van der Waals surface area contributed by atoms with Gasteiger partial charge >= 0.3 is 0 Å². The van der Waals surface area contributed by atoms with Crippen LogP contribution in [-0.4, -0.2) is 11.0 Å². The van der Waals surface area contributed by atoms with Crippen molar-refractivity contribution in [2.45, 2.75) is 0 Å². The predicted molar refractivity (Wildman–Crippen MR) is 81.8 cm³/mol. The molecular weight excluding hydrogens is 288 g/mol. The molecule has 0 fully saturated rings. The molecule has 0 spiro atoms. The molecule has 2 aromatic rings. The minimum atomic E-state index is -0.516. The van der Waals surface area contributed by atoms with E-state index in [1.54, 1.807) is 36.4 Å². The van der Waals surface area contributed by atoms with E-state index in [1.807, 2.05) is 6.07 Å². The highest BCUT2D eigenvalue weighted by Gasteiger charge is 2.09. The van der Waals surface area contributed by atoms with Gasteiger partial charge in [0.05, 0.1) is 0 Å². The number of rotatable bonds is 3. The van der Waals surface area contributed by atoms with E-state index in [0.29, 0.717) is 16.3 Å². The number of phenols is 1. The third-order valence-electron chi connectivity index (χ3n) is 2.67. The van der Waals surface area contributed by atoms with Crippen molar-refractivity contribution >= 4 is 29.3 Å². The minimum absolute atomic E-state index is 0.0228. The molecule has 0 aliphatic rings. The fourth-order valence-electron chi connectivity index (χ4n) is 1.62. The molecule has 0 aliphatic heterocycles. The van der Waals surface area contributed by atoms with Gasteiger partial charge in [-0.2, -0.15) is 5.26 Å². The number of nitriles is 1. The van der Waals surface area contributed by atoms with Gasteiger partial charge in [-0.05, 0) is 48.0 Å². The SMILES string of the molecule is N#C/C(=C/c1ccc(Cl)cc1)C(=O)Nc1ccc(O)cc1. The highest BCUT2D eigenvalue weighted by molar-refractivity contribution is 6.30. The fraction of sp³-hybridized carbons (Fsp3) is 0. The Morgan fingerprint density at radius 3 is 2.33 bits per heavy atom. The van der Waals surface area contributed by atoms with Gasteiger partial charge in [-0.25, -0.2) is 0 Å². The van der Waals surface area contributed by atoms with Gasteiger partial charge in [0.15, 0.2) is 0 Å². The van der Waals surface area contributed by atoms with Crippen molar-refractivity contribution in [2.75, 3.05) is 5.32 Å². The van der Waals surface area contributed by atoms with Crippen molar-refractivity contribution in [3.05, 3.63) is 64.7 Å². The highest BCUT2D eigenvalue weighted by atomic mass is 35.5. The van der Waals surface area contributed by atoms with Crippen LogP contribution in [0.4, 0.5) is 5.69 Å². The third-order valence-corrected chi connectivity index (χ3v) is 2.92. The number of carbonyl (C=O) groups is 1. The Morgan fingerprint density at radius 2 is 1.76 bits per heavy atom. The first-order valence-electron chi connectivity index (χ1n) is 6.06. The number of amides is 1. The second kappa shape index (κ2) is 6.60. The maximum atomic E-state index is 12.0. The Labute approximate surface area is 126 Å². The summed E-state index contributed by atoms with van der Waals surface area (Å²) in [4.78, 5) is 12.0. The summed E-state index contributed by atoms with van der Waals surface area (Å²) in [7, 11) is 0. The van der Waals surface area contributed by atoms with E-state index < -0.39 is 5.91 Å². The lowest BCUT2D eigenvalue weighted by atomic mass is 10.1. The molecule has 0 heterocycles. The summed E-state index contributed by atoms with van der Waals surface area (Å²) in [6.45, 7) is 0. The molecule has 0 saturated heterocycles. The number of benzene rings is 2. The molecule has 5 heteroatoms. The van der Waals surface area contributed by atoms with Gasteiger partial charge in [-0.15, -0.1) is 0 Å². The molecule has 0 aliphatic carbocycles. The summed E-state index contributed by atoms with van der Waals surface area (Å²) in [6.07, 6.45) is 1.48. The highest BCUT2D eigenvalue weighted by Crippen LogP contribution is 2.16. The Balaban J connectivity index is 2.17. The number of carbonyl (C=O) groups excluding carboxylic acids is 1. The monoisotopic (exact) mass is 298 g/mol. The summed E-state index contributed by atoms with van der Waals surface area (Å²) in [5.41, 5.74) is 1.18. The van der Waals surface area contributed by atoms with Gasteiger partial charge in [0.1, 0.15) is 17.4 Å². The lowest BCUT2D eigenvalue weighted by Crippen LogP contribution is -2.13. The third kappa shape index (κ3) is 4.10. The van der Waals surface area contributed by atoms with Gasteiger partial charge in [0, 0.05) is 10.7 Å². The largest absolute Gasteiger partial charge is 0.508 e. The quantitative estimate of drug-likeness (QED) is 0.516. The summed E-state index contributed by atoms with van der Waals surface area (Å²) in [5, 5.41) is 21.4. The molecule has 2 N–H and O–H groups in total. The van der Waals surface area contributed by atoms with Crippen LogP contribution in [0.3, 0.4) is 0 Å². The first kappa shape index (κ1) is 14.6. The minimum Gasteiger partial charge on any atom is -0.508 e. The number of anilines is 1. The van der Waals surface area contributed by atoms with E-state index >= 15 is 0 Å². The van der Waals surface area contributed by atoms with Crippen LogP contribution in [0, 0.1) is 11.3 Å². The summed E-state index contributed by atoms with van der Waals surface area (Å²) in [6, 6.07) is 14.6. The van der Waals surface area contributed by atoms with Crippen LogP contribution in [0.15, 0.2) is 54.1 Å². The molecule has 0 aromatic heterocycles. The van der Waals surface area contributed by atoms with Gasteiger partial charge in [-0.3, -0.25) is 4.79 Å².